The molecule has 8 heteroatoms. The molecule has 1 unspecified atom stereocenters. The molecule has 1 N–H and O–H groups in total. The van der Waals surface area contributed by atoms with E-state index in [4.69, 9.17) is 16.0 Å². The van der Waals surface area contributed by atoms with Gasteiger partial charge in [0.25, 0.3) is 5.91 Å². The second kappa shape index (κ2) is 8.80. The third kappa shape index (κ3) is 5.68. The molecule has 5 nitrogen and oxygen atoms in total. The molecule has 0 aliphatic rings. The van der Waals surface area contributed by atoms with E-state index in [0.717, 1.165) is 5.56 Å². The molecule has 0 spiro atoms. The van der Waals surface area contributed by atoms with Crippen molar-refractivity contribution in [2.75, 3.05) is 0 Å². The van der Waals surface area contributed by atoms with E-state index in [-0.39, 0.29) is 34.9 Å². The van der Waals surface area contributed by atoms with E-state index in [1.54, 1.807) is 43.3 Å². The molecule has 2 aromatic carbocycles. The minimum Gasteiger partial charge on any atom is -0.455 e. The van der Waals surface area contributed by atoms with Crippen LogP contribution in [0.5, 0.6) is 0 Å². The van der Waals surface area contributed by atoms with E-state index in [2.05, 4.69) is 5.32 Å². The second-order valence-corrected chi connectivity index (χ2v) is 9.11. The van der Waals surface area contributed by atoms with Gasteiger partial charge in [0.15, 0.2) is 15.6 Å². The normalized spacial score (nSPS) is 12.5. The van der Waals surface area contributed by atoms with Gasteiger partial charge < -0.3 is 9.73 Å². The minimum atomic E-state index is -3.54. The van der Waals surface area contributed by atoms with Crippen molar-refractivity contribution in [2.24, 2.45) is 0 Å². The Morgan fingerprint density at radius 2 is 1.76 bits per heavy atom. The zero-order valence-electron chi connectivity index (χ0n) is 15.6. The Morgan fingerprint density at radius 3 is 2.45 bits per heavy atom. The van der Waals surface area contributed by atoms with Crippen LogP contribution in [0.15, 0.2) is 65.1 Å². The van der Waals surface area contributed by atoms with Gasteiger partial charge in [-0.2, -0.15) is 0 Å². The standard InChI is InChI=1S/C21H19ClFNO4S/c1-14(15-6-8-17(23)9-7-15)24-21(25)20-11-10-18(28-20)13-29(26,27)12-16-4-2-3-5-19(16)22/h2-11,14H,12-13H2,1H3,(H,24,25). The van der Waals surface area contributed by atoms with Crippen LogP contribution in [0.1, 0.15) is 40.4 Å². The van der Waals surface area contributed by atoms with Crippen LogP contribution in [0.4, 0.5) is 4.39 Å². The molecule has 0 aliphatic heterocycles. The highest BCUT2D eigenvalue weighted by molar-refractivity contribution is 7.89. The largest absolute Gasteiger partial charge is 0.455 e. The van der Waals surface area contributed by atoms with Gasteiger partial charge in [-0.25, -0.2) is 12.8 Å². The number of halogens is 2. The summed E-state index contributed by atoms with van der Waals surface area (Å²) < 4.78 is 43.3. The van der Waals surface area contributed by atoms with Crippen molar-refractivity contribution >= 4 is 27.3 Å². The van der Waals surface area contributed by atoms with Gasteiger partial charge in [-0.05, 0) is 48.4 Å². The molecule has 1 atom stereocenters. The molecule has 0 fully saturated rings. The number of carbonyl (C=O) groups excluding carboxylic acids is 1. The Labute approximate surface area is 173 Å². The van der Waals surface area contributed by atoms with E-state index in [9.17, 15) is 17.6 Å². The van der Waals surface area contributed by atoms with Gasteiger partial charge in [0, 0.05) is 5.02 Å². The number of amides is 1. The van der Waals surface area contributed by atoms with E-state index < -0.39 is 15.7 Å². The van der Waals surface area contributed by atoms with Gasteiger partial charge in [-0.3, -0.25) is 4.79 Å². The average molecular weight is 436 g/mol. The molecule has 152 valence electrons. The summed E-state index contributed by atoms with van der Waals surface area (Å²) in [6, 6.07) is 15.0. The summed E-state index contributed by atoms with van der Waals surface area (Å²) in [5.41, 5.74) is 1.24. The van der Waals surface area contributed by atoms with Crippen molar-refractivity contribution in [3.8, 4) is 0 Å². The Kier molecular flexibility index (Phi) is 6.39. The molecule has 0 saturated heterocycles. The third-order valence-electron chi connectivity index (χ3n) is 4.30. The molecule has 0 radical (unpaired) electrons. The summed E-state index contributed by atoms with van der Waals surface area (Å²) in [5.74, 6) is -1.26. The van der Waals surface area contributed by atoms with Crippen LogP contribution in [0, 0.1) is 5.82 Å². The predicted octanol–water partition coefficient (Wildman–Crippen LogP) is 4.68. The van der Waals surface area contributed by atoms with Gasteiger partial charge in [0.1, 0.15) is 17.3 Å². The maximum absolute atomic E-state index is 13.0. The molecular formula is C21H19ClFNO4S. The van der Waals surface area contributed by atoms with E-state index in [1.807, 2.05) is 0 Å². The highest BCUT2D eigenvalue weighted by Crippen LogP contribution is 2.21. The third-order valence-corrected chi connectivity index (χ3v) is 6.14. The Balaban J connectivity index is 1.64. The highest BCUT2D eigenvalue weighted by Gasteiger charge is 2.20. The number of benzene rings is 2. The number of hydrogen-bond acceptors (Lipinski definition) is 4. The van der Waals surface area contributed by atoms with Gasteiger partial charge in [0.05, 0.1) is 11.8 Å². The van der Waals surface area contributed by atoms with E-state index in [1.165, 1.54) is 24.3 Å². The topological polar surface area (TPSA) is 76.4 Å². The molecule has 29 heavy (non-hydrogen) atoms. The molecule has 3 aromatic rings. The number of furan rings is 1. The fraction of sp³-hybridized carbons (Fsp3) is 0.190. The lowest BCUT2D eigenvalue weighted by atomic mass is 10.1. The Hall–Kier alpha value is -2.64. The van der Waals surface area contributed by atoms with Crippen LogP contribution in [-0.2, 0) is 21.3 Å². The van der Waals surface area contributed by atoms with Crippen LogP contribution in [0.3, 0.4) is 0 Å². The molecule has 1 aromatic heterocycles. The smallest absolute Gasteiger partial charge is 0.287 e. The first-order valence-corrected chi connectivity index (χ1v) is 11.0. The van der Waals surface area contributed by atoms with E-state index >= 15 is 0 Å². The average Bonchev–Trinajstić information content (AvgIpc) is 3.12. The quantitative estimate of drug-likeness (QED) is 0.584. The van der Waals surface area contributed by atoms with Crippen LogP contribution in [-0.4, -0.2) is 14.3 Å². The van der Waals surface area contributed by atoms with Crippen molar-refractivity contribution in [2.45, 2.75) is 24.5 Å². The first-order chi connectivity index (χ1) is 13.7. The number of sulfone groups is 1. The lowest BCUT2D eigenvalue weighted by molar-refractivity contribution is 0.0910. The van der Waals surface area contributed by atoms with Gasteiger partial charge in [0.2, 0.25) is 0 Å². The Morgan fingerprint density at radius 1 is 1.07 bits per heavy atom. The first-order valence-electron chi connectivity index (χ1n) is 8.82. The van der Waals surface area contributed by atoms with E-state index in [0.29, 0.717) is 10.6 Å². The fourth-order valence-electron chi connectivity index (χ4n) is 2.80. The zero-order chi connectivity index (χ0) is 21.0. The van der Waals surface area contributed by atoms with Gasteiger partial charge >= 0.3 is 0 Å². The zero-order valence-corrected chi connectivity index (χ0v) is 17.1. The summed E-state index contributed by atoms with van der Waals surface area (Å²) in [4.78, 5) is 12.4. The monoisotopic (exact) mass is 435 g/mol. The maximum Gasteiger partial charge on any atom is 0.287 e. The SMILES string of the molecule is CC(NC(=O)c1ccc(CS(=O)(=O)Cc2ccccc2Cl)o1)c1ccc(F)cc1. The molecule has 1 amide bonds. The first kappa shape index (κ1) is 21.1. The Bertz CT molecular complexity index is 1110. The second-order valence-electron chi connectivity index (χ2n) is 6.64. The number of hydrogen-bond donors (Lipinski definition) is 1. The van der Waals surface area contributed by atoms with Crippen LogP contribution in [0.25, 0.3) is 0 Å². The molecular weight excluding hydrogens is 417 g/mol. The van der Waals surface area contributed by atoms with Gasteiger partial charge in [-0.1, -0.05) is 41.9 Å². The molecule has 0 saturated carbocycles. The lowest BCUT2D eigenvalue weighted by Gasteiger charge is -2.13. The number of carbonyl (C=O) groups is 1. The van der Waals surface area contributed by atoms with Crippen molar-refractivity contribution in [3.05, 3.63) is 94.2 Å². The van der Waals surface area contributed by atoms with Crippen molar-refractivity contribution < 1.29 is 22.0 Å². The molecule has 3 rings (SSSR count). The number of nitrogens with one attached hydrogen (secondary N) is 1. The van der Waals surface area contributed by atoms with Crippen molar-refractivity contribution in [3.63, 3.8) is 0 Å². The van der Waals surface area contributed by atoms with Gasteiger partial charge in [-0.15, -0.1) is 0 Å². The fourth-order valence-corrected chi connectivity index (χ4v) is 4.50. The molecule has 0 aliphatic carbocycles. The van der Waals surface area contributed by atoms with Crippen molar-refractivity contribution in [1.29, 1.82) is 0 Å². The van der Waals surface area contributed by atoms with Crippen molar-refractivity contribution in [1.82, 2.24) is 5.32 Å². The highest BCUT2D eigenvalue weighted by atomic mass is 35.5. The lowest BCUT2D eigenvalue weighted by Crippen LogP contribution is -2.26. The molecule has 0 bridgehead atoms. The number of rotatable bonds is 7. The summed E-state index contributed by atoms with van der Waals surface area (Å²) in [5, 5.41) is 3.11. The summed E-state index contributed by atoms with van der Waals surface area (Å²) in [7, 11) is -3.54. The van der Waals surface area contributed by atoms with Crippen LogP contribution < -0.4 is 5.32 Å². The minimum absolute atomic E-state index is 0.00176. The summed E-state index contributed by atoms with van der Waals surface area (Å²) in [6.07, 6.45) is 0. The maximum atomic E-state index is 13.0. The molecule has 1 heterocycles. The summed E-state index contributed by atoms with van der Waals surface area (Å²) >= 11 is 6.02. The van der Waals surface area contributed by atoms with Crippen LogP contribution >= 0.6 is 11.6 Å². The summed E-state index contributed by atoms with van der Waals surface area (Å²) in [6.45, 7) is 1.75. The van der Waals surface area contributed by atoms with Crippen LogP contribution in [0.2, 0.25) is 5.02 Å². The predicted molar refractivity (Wildman–Crippen MR) is 109 cm³/mol.